The quantitative estimate of drug-likeness (QED) is 0.922. The molecule has 0 aromatic heterocycles. The molecule has 0 bridgehead atoms. The van der Waals surface area contributed by atoms with Gasteiger partial charge in [0.2, 0.25) is 5.91 Å². The van der Waals surface area contributed by atoms with Crippen molar-refractivity contribution in [1.82, 2.24) is 10.2 Å². The number of likely N-dealkylation sites (N-methyl/N-ethyl adjacent to an activating group) is 1. The maximum atomic E-state index is 13.6. The molecule has 0 spiro atoms. The Hall–Kier alpha value is -1.95. The largest absolute Gasteiger partial charge is 0.356 e. The third-order valence-corrected chi connectivity index (χ3v) is 4.88. The number of hydrogen-bond donors (Lipinski definition) is 1. The minimum Gasteiger partial charge on any atom is -0.356 e. The molecule has 1 aromatic carbocycles. The number of ether oxygens (including phenoxy) is 1. The van der Waals surface area contributed by atoms with E-state index in [1.807, 2.05) is 0 Å². The summed E-state index contributed by atoms with van der Waals surface area (Å²) in [5, 5.41) is 3.04. The molecule has 24 heavy (non-hydrogen) atoms. The zero-order valence-electron chi connectivity index (χ0n) is 13.8. The number of hydrogen-bond acceptors (Lipinski definition) is 3. The first kappa shape index (κ1) is 16.9. The Morgan fingerprint density at radius 3 is 2.75 bits per heavy atom. The van der Waals surface area contributed by atoms with Crippen LogP contribution < -0.4 is 5.32 Å². The third kappa shape index (κ3) is 3.59. The van der Waals surface area contributed by atoms with Crippen LogP contribution in [0.1, 0.15) is 43.7 Å². The summed E-state index contributed by atoms with van der Waals surface area (Å²) < 4.78 is 19.1. The molecule has 2 fully saturated rings. The van der Waals surface area contributed by atoms with Crippen molar-refractivity contribution in [1.29, 1.82) is 0 Å². The molecule has 1 saturated heterocycles. The van der Waals surface area contributed by atoms with Crippen LogP contribution in [0.4, 0.5) is 4.39 Å². The van der Waals surface area contributed by atoms with Crippen LogP contribution in [-0.2, 0) is 14.3 Å². The molecule has 1 saturated carbocycles. The van der Waals surface area contributed by atoms with Gasteiger partial charge in [-0.3, -0.25) is 9.59 Å². The maximum Gasteiger partial charge on any atom is 0.251 e. The fraction of sp³-hybridized carbons (Fsp3) is 0.556. The number of morpholine rings is 1. The first-order chi connectivity index (χ1) is 11.6. The monoisotopic (exact) mass is 334 g/mol. The van der Waals surface area contributed by atoms with Crippen LogP contribution >= 0.6 is 0 Å². The van der Waals surface area contributed by atoms with Crippen molar-refractivity contribution in [3.05, 3.63) is 35.6 Å². The Kier molecular flexibility index (Phi) is 5.14. The Bertz CT molecular complexity index is 616. The van der Waals surface area contributed by atoms with Crippen molar-refractivity contribution < 1.29 is 18.7 Å². The predicted molar refractivity (Wildman–Crippen MR) is 86.7 cm³/mol. The maximum absolute atomic E-state index is 13.6. The minimum atomic E-state index is -0.823. The molecular weight excluding hydrogens is 311 g/mol. The molecule has 2 aliphatic rings. The molecule has 1 aliphatic carbocycles. The fourth-order valence-corrected chi connectivity index (χ4v) is 3.55. The number of benzene rings is 1. The number of nitrogens with zero attached hydrogens (tertiary/aromatic N) is 1. The van der Waals surface area contributed by atoms with E-state index in [2.05, 4.69) is 5.32 Å². The average Bonchev–Trinajstić information content (AvgIpc) is 2.58. The smallest absolute Gasteiger partial charge is 0.251 e. The highest BCUT2D eigenvalue weighted by molar-refractivity contribution is 5.86. The Morgan fingerprint density at radius 2 is 2.04 bits per heavy atom. The van der Waals surface area contributed by atoms with Gasteiger partial charge in [-0.1, -0.05) is 31.4 Å². The van der Waals surface area contributed by atoms with Crippen molar-refractivity contribution in [2.75, 3.05) is 13.7 Å². The standard InChI is InChI=1S/C18H23FN2O3/c1-21-15(22)11-24-17(16(21)12-6-5-7-13(19)10-12)18(23)20-14-8-3-2-4-9-14/h5-7,10,14,16-17H,2-4,8-9,11H2,1H3,(H,20,23). The van der Waals surface area contributed by atoms with Gasteiger partial charge in [0, 0.05) is 13.1 Å². The van der Waals surface area contributed by atoms with Crippen molar-refractivity contribution in [2.24, 2.45) is 0 Å². The van der Waals surface area contributed by atoms with Gasteiger partial charge in [-0.15, -0.1) is 0 Å². The average molecular weight is 334 g/mol. The number of halogens is 1. The van der Waals surface area contributed by atoms with Crippen LogP contribution in [0, 0.1) is 5.82 Å². The highest BCUT2D eigenvalue weighted by atomic mass is 19.1. The molecule has 1 N–H and O–H groups in total. The van der Waals surface area contributed by atoms with Gasteiger partial charge >= 0.3 is 0 Å². The molecule has 5 nitrogen and oxygen atoms in total. The fourth-order valence-electron chi connectivity index (χ4n) is 3.55. The molecule has 2 amide bonds. The van der Waals surface area contributed by atoms with Gasteiger partial charge in [0.05, 0.1) is 6.04 Å². The normalized spacial score (nSPS) is 25.6. The van der Waals surface area contributed by atoms with Crippen molar-refractivity contribution in [3.8, 4) is 0 Å². The van der Waals surface area contributed by atoms with Crippen molar-refractivity contribution in [3.63, 3.8) is 0 Å². The summed E-state index contributed by atoms with van der Waals surface area (Å²) in [5.41, 5.74) is 0.564. The number of nitrogens with one attached hydrogen (secondary N) is 1. The summed E-state index contributed by atoms with van der Waals surface area (Å²) in [6.45, 7) is -0.134. The summed E-state index contributed by atoms with van der Waals surface area (Å²) >= 11 is 0. The minimum absolute atomic E-state index is 0.134. The van der Waals surface area contributed by atoms with Crippen LogP contribution in [0.2, 0.25) is 0 Å². The summed E-state index contributed by atoms with van der Waals surface area (Å²) in [4.78, 5) is 26.2. The second kappa shape index (κ2) is 7.30. The van der Waals surface area contributed by atoms with Crippen LogP contribution in [0.5, 0.6) is 0 Å². The Labute approximate surface area is 141 Å². The molecule has 3 rings (SSSR count). The topological polar surface area (TPSA) is 58.6 Å². The third-order valence-electron chi connectivity index (χ3n) is 4.88. The van der Waals surface area contributed by atoms with Gasteiger partial charge in [0.15, 0.2) is 6.10 Å². The summed E-state index contributed by atoms with van der Waals surface area (Å²) in [7, 11) is 1.63. The summed E-state index contributed by atoms with van der Waals surface area (Å²) in [5.74, 6) is -0.841. The second-order valence-corrected chi connectivity index (χ2v) is 6.58. The zero-order chi connectivity index (χ0) is 17.1. The van der Waals surface area contributed by atoms with E-state index in [0.29, 0.717) is 5.56 Å². The molecule has 1 aromatic rings. The van der Waals surface area contributed by atoms with E-state index in [1.54, 1.807) is 19.2 Å². The summed E-state index contributed by atoms with van der Waals surface area (Å²) in [6.07, 6.45) is 4.55. The lowest BCUT2D eigenvalue weighted by atomic mass is 9.94. The number of carbonyl (C=O) groups is 2. The molecule has 6 heteroatoms. The lowest BCUT2D eigenvalue weighted by Gasteiger charge is -2.39. The van der Waals surface area contributed by atoms with Crippen LogP contribution in [0.3, 0.4) is 0 Å². The predicted octanol–water partition coefficient (Wildman–Crippen LogP) is 2.17. The number of amides is 2. The molecule has 1 aliphatic heterocycles. The molecule has 2 unspecified atom stereocenters. The molecular formula is C18H23FN2O3. The first-order valence-corrected chi connectivity index (χ1v) is 8.49. The van der Waals surface area contributed by atoms with Gasteiger partial charge in [-0.05, 0) is 30.5 Å². The van der Waals surface area contributed by atoms with Crippen molar-refractivity contribution in [2.45, 2.75) is 50.3 Å². The number of carbonyl (C=O) groups excluding carboxylic acids is 2. The molecule has 1 heterocycles. The van der Waals surface area contributed by atoms with Gasteiger partial charge in [0.1, 0.15) is 12.4 Å². The molecule has 2 atom stereocenters. The highest BCUT2D eigenvalue weighted by Gasteiger charge is 2.40. The van der Waals surface area contributed by atoms with Crippen LogP contribution in [0.25, 0.3) is 0 Å². The van der Waals surface area contributed by atoms with E-state index >= 15 is 0 Å². The van der Waals surface area contributed by atoms with Gasteiger partial charge in [-0.2, -0.15) is 0 Å². The van der Waals surface area contributed by atoms with E-state index in [1.165, 1.54) is 23.5 Å². The van der Waals surface area contributed by atoms with Gasteiger partial charge in [0.25, 0.3) is 5.91 Å². The number of rotatable bonds is 3. The lowest BCUT2D eigenvalue weighted by molar-refractivity contribution is -0.162. The van der Waals surface area contributed by atoms with E-state index < -0.39 is 18.0 Å². The lowest BCUT2D eigenvalue weighted by Crippen LogP contribution is -2.54. The molecule has 130 valence electrons. The zero-order valence-corrected chi connectivity index (χ0v) is 13.8. The Balaban J connectivity index is 1.80. The van der Waals surface area contributed by atoms with E-state index in [0.717, 1.165) is 25.7 Å². The Morgan fingerprint density at radius 1 is 1.29 bits per heavy atom. The van der Waals surface area contributed by atoms with Crippen LogP contribution in [-0.4, -0.2) is 42.5 Å². The van der Waals surface area contributed by atoms with Crippen LogP contribution in [0.15, 0.2) is 24.3 Å². The van der Waals surface area contributed by atoms with E-state index in [-0.39, 0.29) is 24.5 Å². The molecule has 0 radical (unpaired) electrons. The van der Waals surface area contributed by atoms with Crippen molar-refractivity contribution >= 4 is 11.8 Å². The summed E-state index contributed by atoms with van der Waals surface area (Å²) in [6, 6.07) is 5.52. The van der Waals surface area contributed by atoms with Gasteiger partial charge in [-0.25, -0.2) is 4.39 Å². The first-order valence-electron chi connectivity index (χ1n) is 8.49. The van der Waals surface area contributed by atoms with E-state index in [4.69, 9.17) is 4.74 Å². The van der Waals surface area contributed by atoms with E-state index in [9.17, 15) is 14.0 Å². The SMILES string of the molecule is CN1C(=O)COC(C(=O)NC2CCCCC2)C1c1cccc(F)c1. The highest BCUT2D eigenvalue weighted by Crippen LogP contribution is 2.30. The van der Waals surface area contributed by atoms with Gasteiger partial charge < -0.3 is 15.0 Å². The second-order valence-electron chi connectivity index (χ2n) is 6.58.